The molecule has 1 aromatic rings. The predicted octanol–water partition coefficient (Wildman–Crippen LogP) is 3.88. The van der Waals surface area contributed by atoms with Gasteiger partial charge in [-0.15, -0.1) is 0 Å². The summed E-state index contributed by atoms with van der Waals surface area (Å²) in [5.74, 6) is 0.0821. The molecule has 2 heterocycles. The fourth-order valence-electron chi connectivity index (χ4n) is 2.20. The predicted molar refractivity (Wildman–Crippen MR) is 81.5 cm³/mol. The van der Waals surface area contributed by atoms with Crippen LogP contribution in [0.4, 0.5) is 20.4 Å². The van der Waals surface area contributed by atoms with Gasteiger partial charge in [-0.25, -0.2) is 13.8 Å². The van der Waals surface area contributed by atoms with Gasteiger partial charge in [0.15, 0.2) is 23.3 Å². The van der Waals surface area contributed by atoms with Gasteiger partial charge in [0, 0.05) is 23.9 Å². The van der Waals surface area contributed by atoms with E-state index >= 15 is 0 Å². The molecule has 1 aliphatic rings. The molecule has 6 heteroatoms. The van der Waals surface area contributed by atoms with E-state index in [-0.39, 0.29) is 16.4 Å². The number of halogens is 2. The number of rotatable bonds is 6. The number of hydrogen-bond donors (Lipinski definition) is 2. The summed E-state index contributed by atoms with van der Waals surface area (Å²) in [4.78, 5) is 4.02. The van der Waals surface area contributed by atoms with Gasteiger partial charge < -0.3 is 10.6 Å². The fourth-order valence-corrected chi connectivity index (χ4v) is 3.45. The monoisotopic (exact) mass is 301 g/mol. The van der Waals surface area contributed by atoms with Crippen LogP contribution in [0.3, 0.4) is 0 Å². The van der Waals surface area contributed by atoms with Crippen LogP contribution in [0.2, 0.25) is 0 Å². The van der Waals surface area contributed by atoms with Crippen molar-refractivity contribution in [3.8, 4) is 0 Å². The molecule has 1 atom stereocenters. The zero-order valence-corrected chi connectivity index (χ0v) is 12.7. The molecule has 1 aliphatic heterocycles. The second-order valence-corrected chi connectivity index (χ2v) is 7.01. The van der Waals surface area contributed by atoms with Crippen molar-refractivity contribution in [2.75, 3.05) is 29.5 Å². The fraction of sp³-hybridized carbons (Fsp3) is 0.643. The molecule has 0 radical (unpaired) electrons. The number of nitrogens with zero attached hydrogens (tertiary/aromatic N) is 1. The Bertz CT molecular complexity index is 462. The van der Waals surface area contributed by atoms with E-state index in [4.69, 9.17) is 0 Å². The van der Waals surface area contributed by atoms with Gasteiger partial charge in [-0.1, -0.05) is 6.92 Å². The topological polar surface area (TPSA) is 37.0 Å². The first-order valence-electron chi connectivity index (χ1n) is 7.02. The van der Waals surface area contributed by atoms with E-state index in [1.165, 1.54) is 6.42 Å². The summed E-state index contributed by atoms with van der Waals surface area (Å²) in [6.45, 7) is 5.39. The number of hydrogen-bond acceptors (Lipinski definition) is 4. The van der Waals surface area contributed by atoms with E-state index in [1.54, 1.807) is 0 Å². The molecule has 3 nitrogen and oxygen atoms in total. The number of thioether (sulfide) groups is 1. The summed E-state index contributed by atoms with van der Waals surface area (Å²) in [6.07, 6.45) is 3.15. The van der Waals surface area contributed by atoms with Crippen molar-refractivity contribution in [2.45, 2.75) is 37.9 Å². The quantitative estimate of drug-likeness (QED) is 0.836. The molecule has 0 amide bonds. The highest BCUT2D eigenvalue weighted by molar-refractivity contribution is 8.00. The third-order valence-electron chi connectivity index (χ3n) is 3.40. The van der Waals surface area contributed by atoms with Crippen LogP contribution in [0.1, 0.15) is 33.1 Å². The van der Waals surface area contributed by atoms with Gasteiger partial charge in [-0.2, -0.15) is 11.8 Å². The highest BCUT2D eigenvalue weighted by Gasteiger charge is 2.29. The van der Waals surface area contributed by atoms with Crippen LogP contribution in [0.25, 0.3) is 0 Å². The van der Waals surface area contributed by atoms with Gasteiger partial charge in [0.2, 0.25) is 0 Å². The maximum atomic E-state index is 13.8. The summed E-state index contributed by atoms with van der Waals surface area (Å²) in [5.41, 5.74) is 0. The molecule has 112 valence electrons. The largest absolute Gasteiger partial charge is 0.368 e. The molecule has 0 saturated carbocycles. The van der Waals surface area contributed by atoms with Crippen LogP contribution in [-0.2, 0) is 0 Å². The van der Waals surface area contributed by atoms with Crippen molar-refractivity contribution in [3.05, 3.63) is 17.7 Å². The van der Waals surface area contributed by atoms with Crippen LogP contribution in [0, 0.1) is 11.6 Å². The molecule has 1 fully saturated rings. The zero-order valence-electron chi connectivity index (χ0n) is 11.9. The molecule has 0 aliphatic carbocycles. The lowest BCUT2D eigenvalue weighted by molar-refractivity contribution is 0.574. The highest BCUT2D eigenvalue weighted by Crippen LogP contribution is 2.37. The maximum Gasteiger partial charge on any atom is 0.168 e. The lowest BCUT2D eigenvalue weighted by Crippen LogP contribution is -2.28. The lowest BCUT2D eigenvalue weighted by Gasteiger charge is -2.23. The number of pyridine rings is 1. The minimum Gasteiger partial charge on any atom is -0.368 e. The molecule has 2 rings (SSSR count). The Balaban J connectivity index is 2.06. The average Bonchev–Trinajstić information content (AvgIpc) is 2.84. The second-order valence-electron chi connectivity index (χ2n) is 5.33. The van der Waals surface area contributed by atoms with E-state index in [0.29, 0.717) is 13.1 Å². The minimum absolute atomic E-state index is 0.111. The van der Waals surface area contributed by atoms with E-state index in [9.17, 15) is 8.78 Å². The summed E-state index contributed by atoms with van der Waals surface area (Å²) in [5, 5.41) is 5.90. The van der Waals surface area contributed by atoms with Crippen molar-refractivity contribution in [1.29, 1.82) is 0 Å². The molecule has 1 saturated heterocycles. The molecule has 1 unspecified atom stereocenters. The van der Waals surface area contributed by atoms with Crippen LogP contribution >= 0.6 is 11.8 Å². The van der Waals surface area contributed by atoms with Crippen LogP contribution in [-0.4, -0.2) is 28.6 Å². The van der Waals surface area contributed by atoms with Crippen molar-refractivity contribution in [3.63, 3.8) is 0 Å². The number of anilines is 2. The Morgan fingerprint density at radius 3 is 2.60 bits per heavy atom. The van der Waals surface area contributed by atoms with Crippen LogP contribution in [0.5, 0.6) is 0 Å². The smallest absolute Gasteiger partial charge is 0.168 e. The summed E-state index contributed by atoms with van der Waals surface area (Å²) >= 11 is 1.89. The lowest BCUT2D eigenvalue weighted by atomic mass is 10.1. The number of nitrogens with one attached hydrogen (secondary N) is 2. The van der Waals surface area contributed by atoms with Crippen molar-refractivity contribution in [1.82, 2.24) is 4.98 Å². The maximum absolute atomic E-state index is 13.8. The van der Waals surface area contributed by atoms with Gasteiger partial charge in [0.1, 0.15) is 0 Å². The Kier molecular flexibility index (Phi) is 5.07. The standard InChI is InChI=1S/C14H21F2N3S/c1-3-6-17-12-10(15)8-11(16)13(19-12)18-9-14(2)5-4-7-20-14/h8H,3-7,9H2,1-2H3,(H2,17,18,19). The summed E-state index contributed by atoms with van der Waals surface area (Å²) in [7, 11) is 0. The van der Waals surface area contributed by atoms with E-state index < -0.39 is 11.6 Å². The summed E-state index contributed by atoms with van der Waals surface area (Å²) < 4.78 is 27.4. The molecule has 0 aromatic carbocycles. The van der Waals surface area contributed by atoms with Crippen LogP contribution < -0.4 is 10.6 Å². The van der Waals surface area contributed by atoms with Gasteiger partial charge in [0.25, 0.3) is 0 Å². The molecular weight excluding hydrogens is 280 g/mol. The second kappa shape index (κ2) is 6.61. The number of aromatic nitrogens is 1. The molecule has 0 spiro atoms. The average molecular weight is 301 g/mol. The molecule has 0 bridgehead atoms. The first kappa shape index (κ1) is 15.4. The van der Waals surface area contributed by atoms with Gasteiger partial charge in [0.05, 0.1) is 0 Å². The van der Waals surface area contributed by atoms with E-state index in [0.717, 1.165) is 24.7 Å². The third kappa shape index (κ3) is 3.75. The first-order valence-corrected chi connectivity index (χ1v) is 8.00. The van der Waals surface area contributed by atoms with Gasteiger partial charge >= 0.3 is 0 Å². The zero-order chi connectivity index (χ0) is 14.6. The molecule has 1 aromatic heterocycles. The Hall–Kier alpha value is -1.04. The van der Waals surface area contributed by atoms with E-state index in [2.05, 4.69) is 22.5 Å². The molecular formula is C14H21F2N3S. The first-order chi connectivity index (χ1) is 9.54. The minimum atomic E-state index is -0.650. The van der Waals surface area contributed by atoms with Crippen molar-refractivity contribution < 1.29 is 8.78 Å². The van der Waals surface area contributed by atoms with Crippen molar-refractivity contribution >= 4 is 23.4 Å². The molecule has 20 heavy (non-hydrogen) atoms. The SMILES string of the molecule is CCCNc1nc(NCC2(C)CCCS2)c(F)cc1F. The van der Waals surface area contributed by atoms with Gasteiger partial charge in [-0.05, 0) is 31.9 Å². The Morgan fingerprint density at radius 2 is 2.00 bits per heavy atom. The summed E-state index contributed by atoms with van der Waals surface area (Å²) in [6, 6.07) is 0.886. The highest BCUT2D eigenvalue weighted by atomic mass is 32.2. The molecule has 2 N–H and O–H groups in total. The van der Waals surface area contributed by atoms with E-state index in [1.807, 2.05) is 18.7 Å². The Labute approximate surface area is 122 Å². The third-order valence-corrected chi connectivity index (χ3v) is 4.94. The van der Waals surface area contributed by atoms with Gasteiger partial charge in [-0.3, -0.25) is 0 Å². The van der Waals surface area contributed by atoms with Crippen molar-refractivity contribution in [2.24, 2.45) is 0 Å². The van der Waals surface area contributed by atoms with Crippen LogP contribution in [0.15, 0.2) is 6.07 Å². The Morgan fingerprint density at radius 1 is 1.30 bits per heavy atom. The normalized spacial score (nSPS) is 22.0.